The summed E-state index contributed by atoms with van der Waals surface area (Å²) in [5.74, 6) is 1.40. The number of nitrogens with two attached hydrogens (primary N) is 1. The minimum atomic E-state index is -0.346. The molecule has 0 amide bonds. The number of anilines is 1. The van der Waals surface area contributed by atoms with Gasteiger partial charge in [0.2, 0.25) is 0 Å². The lowest BCUT2D eigenvalue weighted by Gasteiger charge is -2.20. The Kier molecular flexibility index (Phi) is 2.78. The number of rotatable bonds is 3. The van der Waals surface area contributed by atoms with Gasteiger partial charge in [-0.25, -0.2) is 0 Å². The second kappa shape index (κ2) is 4.48. The molecule has 0 unspecified atom stereocenters. The number of H-pyrrole nitrogens is 1. The van der Waals surface area contributed by atoms with Crippen LogP contribution in [0.4, 0.5) is 5.82 Å². The van der Waals surface area contributed by atoms with Crippen molar-refractivity contribution in [2.75, 3.05) is 5.73 Å². The van der Waals surface area contributed by atoms with Crippen molar-refractivity contribution in [3.05, 3.63) is 47.9 Å². The summed E-state index contributed by atoms with van der Waals surface area (Å²) in [5.41, 5.74) is 7.15. The molecule has 2 heterocycles. The summed E-state index contributed by atoms with van der Waals surface area (Å²) in [5, 5.41) is 10.6. The molecule has 2 aromatic heterocycles. The quantitative estimate of drug-likeness (QED) is 0.761. The highest BCUT2D eigenvalue weighted by molar-refractivity contribution is 5.65. The van der Waals surface area contributed by atoms with Crippen molar-refractivity contribution in [1.82, 2.24) is 20.3 Å². The lowest BCUT2D eigenvalue weighted by atomic mass is 9.84. The molecule has 0 bridgehead atoms. The summed E-state index contributed by atoms with van der Waals surface area (Å²) in [6.45, 7) is 4.10. The van der Waals surface area contributed by atoms with Gasteiger partial charge in [0.25, 0.3) is 5.89 Å². The number of nitrogen functional groups attached to an aromatic ring is 1. The lowest BCUT2D eigenvalue weighted by Crippen LogP contribution is -2.20. The Bertz CT molecular complexity index is 714. The Labute approximate surface area is 116 Å². The van der Waals surface area contributed by atoms with Crippen molar-refractivity contribution in [2.45, 2.75) is 19.3 Å². The van der Waals surface area contributed by atoms with E-state index in [1.165, 1.54) is 0 Å². The van der Waals surface area contributed by atoms with Crippen LogP contribution in [0.15, 0.2) is 41.1 Å². The van der Waals surface area contributed by atoms with Crippen molar-refractivity contribution >= 4 is 5.82 Å². The maximum atomic E-state index is 5.76. The van der Waals surface area contributed by atoms with Crippen LogP contribution in [0.5, 0.6) is 0 Å². The second-order valence-corrected chi connectivity index (χ2v) is 5.11. The highest BCUT2D eigenvalue weighted by Gasteiger charge is 2.29. The summed E-state index contributed by atoms with van der Waals surface area (Å²) in [4.78, 5) is 4.44. The largest absolute Gasteiger partial charge is 0.383 e. The van der Waals surface area contributed by atoms with E-state index in [1.807, 2.05) is 30.3 Å². The summed E-state index contributed by atoms with van der Waals surface area (Å²) in [6.07, 6.45) is 1.57. The van der Waals surface area contributed by atoms with Gasteiger partial charge in [-0.3, -0.25) is 5.10 Å². The molecule has 0 aliphatic carbocycles. The van der Waals surface area contributed by atoms with Crippen molar-refractivity contribution in [3.8, 4) is 11.5 Å². The maximum Gasteiger partial charge on any atom is 0.263 e. The zero-order valence-corrected chi connectivity index (χ0v) is 11.3. The SMILES string of the molecule is CC(C)(c1ccccc1)c1noc(-c2cn[nH]c2N)n1. The Hall–Kier alpha value is -2.63. The van der Waals surface area contributed by atoms with Crippen LogP contribution in [0.25, 0.3) is 11.5 Å². The van der Waals surface area contributed by atoms with Gasteiger partial charge in [-0.1, -0.05) is 35.5 Å². The summed E-state index contributed by atoms with van der Waals surface area (Å²) in [6, 6.07) is 10.1. The van der Waals surface area contributed by atoms with Crippen LogP contribution in [0.1, 0.15) is 25.2 Å². The fourth-order valence-electron chi connectivity index (χ4n) is 2.04. The number of hydrogen-bond donors (Lipinski definition) is 2. The topological polar surface area (TPSA) is 93.6 Å². The third-order valence-electron chi connectivity index (χ3n) is 3.38. The molecule has 0 radical (unpaired) electrons. The fraction of sp³-hybridized carbons (Fsp3) is 0.214. The minimum Gasteiger partial charge on any atom is -0.383 e. The van der Waals surface area contributed by atoms with Gasteiger partial charge in [0.15, 0.2) is 5.82 Å². The van der Waals surface area contributed by atoms with Crippen molar-refractivity contribution in [1.29, 1.82) is 0 Å². The Morgan fingerprint density at radius 3 is 2.60 bits per heavy atom. The Balaban J connectivity index is 2.00. The first kappa shape index (κ1) is 12.4. The predicted molar refractivity (Wildman–Crippen MR) is 74.9 cm³/mol. The van der Waals surface area contributed by atoms with Crippen LogP contribution in [-0.2, 0) is 5.41 Å². The molecular formula is C14H15N5O. The van der Waals surface area contributed by atoms with E-state index in [2.05, 4.69) is 34.2 Å². The van der Waals surface area contributed by atoms with Gasteiger partial charge in [-0.05, 0) is 19.4 Å². The molecule has 6 heteroatoms. The molecule has 3 N–H and O–H groups in total. The van der Waals surface area contributed by atoms with E-state index in [0.717, 1.165) is 5.56 Å². The van der Waals surface area contributed by atoms with E-state index in [0.29, 0.717) is 23.1 Å². The van der Waals surface area contributed by atoms with E-state index in [-0.39, 0.29) is 5.41 Å². The van der Waals surface area contributed by atoms with E-state index in [4.69, 9.17) is 10.3 Å². The number of benzene rings is 1. The number of nitrogens with one attached hydrogen (secondary N) is 1. The molecule has 0 aliphatic heterocycles. The molecule has 3 rings (SSSR count). The molecule has 6 nitrogen and oxygen atoms in total. The van der Waals surface area contributed by atoms with Gasteiger partial charge in [0.05, 0.1) is 11.6 Å². The van der Waals surface area contributed by atoms with Crippen LogP contribution in [0, 0.1) is 0 Å². The van der Waals surface area contributed by atoms with E-state index in [9.17, 15) is 0 Å². The lowest BCUT2D eigenvalue weighted by molar-refractivity contribution is 0.408. The molecule has 0 aliphatic rings. The van der Waals surface area contributed by atoms with Crippen LogP contribution in [-0.4, -0.2) is 20.3 Å². The summed E-state index contributed by atoms with van der Waals surface area (Å²) < 4.78 is 5.30. The molecule has 20 heavy (non-hydrogen) atoms. The highest BCUT2D eigenvalue weighted by atomic mass is 16.5. The van der Waals surface area contributed by atoms with Gasteiger partial charge >= 0.3 is 0 Å². The number of aromatic amines is 1. The molecule has 0 saturated carbocycles. The molecule has 0 atom stereocenters. The standard InChI is InChI=1S/C14H15N5O/c1-14(2,9-6-4-3-5-7-9)13-17-12(20-19-13)10-8-16-18-11(10)15/h3-8H,1-2H3,(H3,15,16,18). The zero-order valence-electron chi connectivity index (χ0n) is 11.3. The smallest absolute Gasteiger partial charge is 0.263 e. The maximum absolute atomic E-state index is 5.76. The average molecular weight is 269 g/mol. The van der Waals surface area contributed by atoms with Gasteiger partial charge in [0, 0.05) is 0 Å². The van der Waals surface area contributed by atoms with Gasteiger partial charge in [-0.2, -0.15) is 10.1 Å². The molecular weight excluding hydrogens is 254 g/mol. The minimum absolute atomic E-state index is 0.346. The van der Waals surface area contributed by atoms with Crippen molar-refractivity contribution in [3.63, 3.8) is 0 Å². The van der Waals surface area contributed by atoms with Crippen LogP contribution in [0.2, 0.25) is 0 Å². The van der Waals surface area contributed by atoms with E-state index >= 15 is 0 Å². The molecule has 0 saturated heterocycles. The molecule has 3 aromatic rings. The average Bonchev–Trinajstić information content (AvgIpc) is 3.08. The van der Waals surface area contributed by atoms with Crippen LogP contribution >= 0.6 is 0 Å². The molecule has 0 fully saturated rings. The third kappa shape index (κ3) is 1.95. The monoisotopic (exact) mass is 269 g/mol. The highest BCUT2D eigenvalue weighted by Crippen LogP contribution is 2.31. The van der Waals surface area contributed by atoms with Gasteiger partial charge in [0.1, 0.15) is 11.4 Å². The van der Waals surface area contributed by atoms with Gasteiger partial charge in [-0.15, -0.1) is 0 Å². The Morgan fingerprint density at radius 1 is 1.20 bits per heavy atom. The van der Waals surface area contributed by atoms with Crippen LogP contribution in [0.3, 0.4) is 0 Å². The number of aromatic nitrogens is 4. The first-order chi connectivity index (χ1) is 9.59. The molecule has 0 spiro atoms. The van der Waals surface area contributed by atoms with Crippen molar-refractivity contribution in [2.24, 2.45) is 0 Å². The zero-order chi connectivity index (χ0) is 14.2. The molecule has 102 valence electrons. The molecule has 1 aromatic carbocycles. The fourth-order valence-corrected chi connectivity index (χ4v) is 2.04. The Morgan fingerprint density at radius 2 is 1.95 bits per heavy atom. The van der Waals surface area contributed by atoms with E-state index < -0.39 is 0 Å². The van der Waals surface area contributed by atoms with Gasteiger partial charge < -0.3 is 10.3 Å². The number of hydrogen-bond acceptors (Lipinski definition) is 5. The first-order valence-corrected chi connectivity index (χ1v) is 6.28. The number of nitrogens with zero attached hydrogens (tertiary/aromatic N) is 3. The van der Waals surface area contributed by atoms with Crippen molar-refractivity contribution < 1.29 is 4.52 Å². The van der Waals surface area contributed by atoms with E-state index in [1.54, 1.807) is 6.20 Å². The summed E-state index contributed by atoms with van der Waals surface area (Å²) >= 11 is 0. The first-order valence-electron chi connectivity index (χ1n) is 6.28. The third-order valence-corrected chi connectivity index (χ3v) is 3.38. The van der Waals surface area contributed by atoms with Crippen LogP contribution < -0.4 is 5.73 Å². The second-order valence-electron chi connectivity index (χ2n) is 5.11. The summed E-state index contributed by atoms with van der Waals surface area (Å²) in [7, 11) is 0. The normalized spacial score (nSPS) is 11.7. The predicted octanol–water partition coefficient (Wildman–Crippen LogP) is 2.37.